The van der Waals surface area contributed by atoms with Gasteiger partial charge in [0, 0.05) is 31.4 Å². The normalized spacial score (nSPS) is 15.3. The van der Waals surface area contributed by atoms with Crippen LogP contribution in [-0.2, 0) is 6.54 Å². The zero-order chi connectivity index (χ0) is 13.8. The van der Waals surface area contributed by atoms with Gasteiger partial charge in [-0.25, -0.2) is 0 Å². The summed E-state index contributed by atoms with van der Waals surface area (Å²) in [6, 6.07) is 3.41. The zero-order valence-corrected chi connectivity index (χ0v) is 12.7. The second-order valence-electron chi connectivity index (χ2n) is 6.32. The number of nitrogens with zero attached hydrogens (tertiary/aromatic N) is 2. The van der Waals surface area contributed by atoms with Gasteiger partial charge < -0.3 is 10.2 Å². The summed E-state index contributed by atoms with van der Waals surface area (Å²) in [6.45, 7) is 11.0. The van der Waals surface area contributed by atoms with E-state index < -0.39 is 0 Å². The Labute approximate surface area is 117 Å². The summed E-state index contributed by atoms with van der Waals surface area (Å²) in [4.78, 5) is 6.91. The smallest absolute Gasteiger partial charge is 0.0600 e. The fraction of sp³-hybridized carbons (Fsp3) is 0.688. The maximum absolute atomic E-state index is 4.34. The molecule has 0 amide bonds. The summed E-state index contributed by atoms with van der Waals surface area (Å²) in [5.74, 6) is 0.687. The van der Waals surface area contributed by atoms with E-state index in [1.165, 1.54) is 24.1 Å². The van der Waals surface area contributed by atoms with Gasteiger partial charge >= 0.3 is 0 Å². The molecule has 1 heterocycles. The van der Waals surface area contributed by atoms with E-state index in [1.807, 2.05) is 12.4 Å². The Morgan fingerprint density at radius 2 is 2.05 bits per heavy atom. The molecule has 0 radical (unpaired) electrons. The van der Waals surface area contributed by atoms with Crippen LogP contribution in [-0.4, -0.2) is 23.6 Å². The van der Waals surface area contributed by atoms with Gasteiger partial charge in [0.05, 0.1) is 11.9 Å². The van der Waals surface area contributed by atoms with Crippen molar-refractivity contribution in [2.45, 2.75) is 59.2 Å². The van der Waals surface area contributed by atoms with Crippen molar-refractivity contribution in [3.8, 4) is 0 Å². The fourth-order valence-electron chi connectivity index (χ4n) is 2.36. The molecule has 0 aliphatic heterocycles. The Hall–Kier alpha value is -1.09. The molecular formula is C16H27N3. The van der Waals surface area contributed by atoms with Crippen LogP contribution in [0.1, 0.15) is 46.1 Å². The van der Waals surface area contributed by atoms with E-state index >= 15 is 0 Å². The van der Waals surface area contributed by atoms with Crippen molar-refractivity contribution in [3.63, 3.8) is 0 Å². The van der Waals surface area contributed by atoms with Crippen molar-refractivity contribution in [1.29, 1.82) is 0 Å². The summed E-state index contributed by atoms with van der Waals surface area (Å²) in [7, 11) is 0. The molecule has 1 N–H and O–H groups in total. The second-order valence-corrected chi connectivity index (χ2v) is 6.32. The lowest BCUT2D eigenvalue weighted by molar-refractivity contribution is 0.579. The summed E-state index contributed by atoms with van der Waals surface area (Å²) in [5, 5.41) is 3.52. The number of hydrogen-bond acceptors (Lipinski definition) is 3. The van der Waals surface area contributed by atoms with Crippen LogP contribution in [0.5, 0.6) is 0 Å². The molecule has 1 fully saturated rings. The van der Waals surface area contributed by atoms with Gasteiger partial charge in [0.25, 0.3) is 0 Å². The van der Waals surface area contributed by atoms with Gasteiger partial charge in [-0.05, 0) is 30.4 Å². The highest BCUT2D eigenvalue weighted by Crippen LogP contribution is 2.33. The number of aromatic nitrogens is 1. The molecule has 106 valence electrons. The minimum atomic E-state index is 0.514. The molecule has 3 heteroatoms. The highest BCUT2D eigenvalue weighted by Gasteiger charge is 2.30. The molecule has 1 aliphatic carbocycles. The van der Waals surface area contributed by atoms with Gasteiger partial charge in [-0.3, -0.25) is 4.98 Å². The third-order valence-corrected chi connectivity index (χ3v) is 3.45. The number of rotatable bonds is 7. The monoisotopic (exact) mass is 261 g/mol. The van der Waals surface area contributed by atoms with Crippen molar-refractivity contribution in [2.75, 3.05) is 11.4 Å². The molecule has 0 spiro atoms. The molecule has 1 aromatic heterocycles. The Kier molecular flexibility index (Phi) is 4.81. The lowest BCUT2D eigenvalue weighted by Gasteiger charge is -2.28. The SMILES string of the molecule is CC(C)CN(c1cnccc1CNC(C)C)C1CC1. The Balaban J connectivity index is 2.15. The summed E-state index contributed by atoms with van der Waals surface area (Å²) in [5.41, 5.74) is 2.70. The maximum atomic E-state index is 4.34. The van der Waals surface area contributed by atoms with E-state index in [2.05, 4.69) is 49.0 Å². The zero-order valence-electron chi connectivity index (χ0n) is 12.7. The topological polar surface area (TPSA) is 28.2 Å². The highest BCUT2D eigenvalue weighted by molar-refractivity contribution is 5.53. The first-order chi connectivity index (χ1) is 9.08. The number of pyridine rings is 1. The van der Waals surface area contributed by atoms with Crippen LogP contribution < -0.4 is 10.2 Å². The van der Waals surface area contributed by atoms with Gasteiger partial charge in [0.2, 0.25) is 0 Å². The van der Waals surface area contributed by atoms with Crippen LogP contribution in [0.3, 0.4) is 0 Å². The number of hydrogen-bond donors (Lipinski definition) is 1. The van der Waals surface area contributed by atoms with Crippen LogP contribution >= 0.6 is 0 Å². The van der Waals surface area contributed by atoms with E-state index in [-0.39, 0.29) is 0 Å². The molecule has 0 aromatic carbocycles. The van der Waals surface area contributed by atoms with Crippen LogP contribution in [0.25, 0.3) is 0 Å². The number of anilines is 1. The van der Waals surface area contributed by atoms with Crippen molar-refractivity contribution < 1.29 is 0 Å². The maximum Gasteiger partial charge on any atom is 0.0600 e. The Morgan fingerprint density at radius 1 is 1.32 bits per heavy atom. The molecule has 1 aliphatic rings. The van der Waals surface area contributed by atoms with E-state index in [0.29, 0.717) is 12.0 Å². The third-order valence-electron chi connectivity index (χ3n) is 3.45. The van der Waals surface area contributed by atoms with E-state index in [9.17, 15) is 0 Å². The summed E-state index contributed by atoms with van der Waals surface area (Å²) in [6.07, 6.45) is 6.61. The molecule has 0 atom stereocenters. The number of nitrogens with one attached hydrogen (secondary N) is 1. The van der Waals surface area contributed by atoms with E-state index in [1.54, 1.807) is 0 Å². The predicted octanol–water partition coefficient (Wildman–Crippen LogP) is 3.20. The first-order valence-electron chi connectivity index (χ1n) is 7.51. The third kappa shape index (κ3) is 4.20. The summed E-state index contributed by atoms with van der Waals surface area (Å²) < 4.78 is 0. The van der Waals surface area contributed by atoms with Crippen LogP contribution in [0.4, 0.5) is 5.69 Å². The highest BCUT2D eigenvalue weighted by atomic mass is 15.2. The Morgan fingerprint density at radius 3 is 2.63 bits per heavy atom. The van der Waals surface area contributed by atoms with Crippen molar-refractivity contribution in [3.05, 3.63) is 24.0 Å². The lowest BCUT2D eigenvalue weighted by atomic mass is 10.1. The van der Waals surface area contributed by atoms with Crippen molar-refractivity contribution in [1.82, 2.24) is 10.3 Å². The van der Waals surface area contributed by atoms with E-state index in [0.717, 1.165) is 19.1 Å². The van der Waals surface area contributed by atoms with Gasteiger partial charge in [0.1, 0.15) is 0 Å². The van der Waals surface area contributed by atoms with Crippen molar-refractivity contribution >= 4 is 5.69 Å². The standard InChI is InChI=1S/C16H27N3/c1-12(2)11-19(15-5-6-15)16-10-17-8-7-14(16)9-18-13(3)4/h7-8,10,12-13,15,18H,5-6,9,11H2,1-4H3. The largest absolute Gasteiger partial charge is 0.367 e. The minimum absolute atomic E-state index is 0.514. The van der Waals surface area contributed by atoms with Crippen LogP contribution in [0.15, 0.2) is 18.5 Å². The van der Waals surface area contributed by atoms with Gasteiger partial charge in [-0.1, -0.05) is 27.7 Å². The first-order valence-corrected chi connectivity index (χ1v) is 7.51. The molecule has 0 unspecified atom stereocenters. The fourth-order valence-corrected chi connectivity index (χ4v) is 2.36. The minimum Gasteiger partial charge on any atom is -0.367 e. The molecule has 0 saturated heterocycles. The molecule has 3 nitrogen and oxygen atoms in total. The predicted molar refractivity (Wildman–Crippen MR) is 81.4 cm³/mol. The molecule has 2 rings (SSSR count). The van der Waals surface area contributed by atoms with E-state index in [4.69, 9.17) is 0 Å². The lowest BCUT2D eigenvalue weighted by Crippen LogP contribution is -2.32. The van der Waals surface area contributed by atoms with Crippen molar-refractivity contribution in [2.24, 2.45) is 5.92 Å². The average molecular weight is 261 g/mol. The molecule has 0 bridgehead atoms. The first kappa shape index (κ1) is 14.3. The van der Waals surface area contributed by atoms with Crippen LogP contribution in [0.2, 0.25) is 0 Å². The molecule has 19 heavy (non-hydrogen) atoms. The quantitative estimate of drug-likeness (QED) is 0.817. The summed E-state index contributed by atoms with van der Waals surface area (Å²) >= 11 is 0. The molecule has 1 saturated carbocycles. The average Bonchev–Trinajstić information content (AvgIpc) is 3.18. The van der Waals surface area contributed by atoms with Gasteiger partial charge in [0.15, 0.2) is 0 Å². The van der Waals surface area contributed by atoms with Crippen LogP contribution in [0, 0.1) is 5.92 Å². The Bertz CT molecular complexity index is 397. The second kappa shape index (κ2) is 6.38. The van der Waals surface area contributed by atoms with Gasteiger partial charge in [-0.2, -0.15) is 0 Å². The molecular weight excluding hydrogens is 234 g/mol. The molecule has 1 aromatic rings. The van der Waals surface area contributed by atoms with Gasteiger partial charge in [-0.15, -0.1) is 0 Å².